The summed E-state index contributed by atoms with van der Waals surface area (Å²) in [4.78, 5) is 7.10. The lowest BCUT2D eigenvalue weighted by Crippen LogP contribution is -2.20. The van der Waals surface area contributed by atoms with Crippen molar-refractivity contribution in [1.29, 1.82) is 0 Å². The van der Waals surface area contributed by atoms with Crippen LogP contribution in [0.1, 0.15) is 36.4 Å². The van der Waals surface area contributed by atoms with Crippen LogP contribution in [0.2, 0.25) is 0 Å². The summed E-state index contributed by atoms with van der Waals surface area (Å²) >= 11 is 1.80. The molecule has 0 radical (unpaired) electrons. The molecule has 3 nitrogen and oxygen atoms in total. The van der Waals surface area contributed by atoms with Crippen LogP contribution < -0.4 is 5.32 Å². The van der Waals surface area contributed by atoms with Gasteiger partial charge in [-0.25, -0.2) is 4.98 Å². The lowest BCUT2D eigenvalue weighted by atomic mass is 10.3. The van der Waals surface area contributed by atoms with E-state index in [4.69, 9.17) is 4.98 Å². The second-order valence-electron chi connectivity index (χ2n) is 5.53. The molecule has 1 aromatic rings. The van der Waals surface area contributed by atoms with Crippen molar-refractivity contribution in [3.63, 3.8) is 0 Å². The Labute approximate surface area is 107 Å². The third-order valence-electron chi connectivity index (χ3n) is 3.42. The van der Waals surface area contributed by atoms with E-state index in [1.54, 1.807) is 11.3 Å². The first-order valence-electron chi connectivity index (χ1n) is 6.65. The van der Waals surface area contributed by atoms with Crippen molar-refractivity contribution in [2.45, 2.75) is 44.8 Å². The highest BCUT2D eigenvalue weighted by atomic mass is 32.1. The van der Waals surface area contributed by atoms with Gasteiger partial charge in [0.15, 0.2) is 0 Å². The van der Waals surface area contributed by atoms with E-state index in [1.807, 2.05) is 0 Å². The molecule has 0 spiro atoms. The van der Waals surface area contributed by atoms with Crippen LogP contribution in [0.5, 0.6) is 0 Å². The summed E-state index contributed by atoms with van der Waals surface area (Å²) in [6.45, 7) is 3.21. The number of thiazole rings is 1. The molecule has 1 heterocycles. The van der Waals surface area contributed by atoms with Gasteiger partial charge in [-0.05, 0) is 38.6 Å². The van der Waals surface area contributed by atoms with E-state index in [1.165, 1.54) is 42.9 Å². The molecule has 2 fully saturated rings. The quantitative estimate of drug-likeness (QED) is 0.805. The van der Waals surface area contributed by atoms with E-state index in [0.29, 0.717) is 0 Å². The van der Waals surface area contributed by atoms with Gasteiger partial charge in [-0.15, -0.1) is 11.3 Å². The molecule has 0 amide bonds. The monoisotopic (exact) mass is 251 g/mol. The van der Waals surface area contributed by atoms with Crippen molar-refractivity contribution in [3.8, 4) is 0 Å². The van der Waals surface area contributed by atoms with E-state index in [9.17, 15) is 0 Å². The highest BCUT2D eigenvalue weighted by Gasteiger charge is 2.23. The number of nitrogens with zero attached hydrogens (tertiary/aromatic N) is 2. The lowest BCUT2D eigenvalue weighted by Gasteiger charge is -2.14. The number of rotatable bonds is 7. The molecular weight excluding hydrogens is 230 g/mol. The molecule has 0 bridgehead atoms. The van der Waals surface area contributed by atoms with Gasteiger partial charge in [-0.1, -0.05) is 0 Å². The molecule has 1 aromatic heterocycles. The Balaban J connectivity index is 1.44. The van der Waals surface area contributed by atoms with Crippen LogP contribution in [0.4, 0.5) is 0 Å². The molecule has 0 atom stereocenters. The maximum Gasteiger partial charge on any atom is 0.107 e. The van der Waals surface area contributed by atoms with Gasteiger partial charge in [0, 0.05) is 31.1 Å². The van der Waals surface area contributed by atoms with E-state index >= 15 is 0 Å². The van der Waals surface area contributed by atoms with Crippen molar-refractivity contribution in [2.75, 3.05) is 13.6 Å². The van der Waals surface area contributed by atoms with Crippen molar-refractivity contribution in [1.82, 2.24) is 15.2 Å². The fourth-order valence-electron chi connectivity index (χ4n) is 2.10. The highest BCUT2D eigenvalue weighted by molar-refractivity contribution is 7.09. The Hall–Kier alpha value is -0.450. The van der Waals surface area contributed by atoms with Crippen LogP contribution in [0, 0.1) is 5.92 Å². The molecule has 3 rings (SSSR count). The third-order valence-corrected chi connectivity index (χ3v) is 4.31. The molecule has 17 heavy (non-hydrogen) atoms. The third kappa shape index (κ3) is 3.76. The van der Waals surface area contributed by atoms with E-state index < -0.39 is 0 Å². The first-order chi connectivity index (χ1) is 8.29. The molecule has 4 heteroatoms. The van der Waals surface area contributed by atoms with Crippen molar-refractivity contribution < 1.29 is 0 Å². The summed E-state index contributed by atoms with van der Waals surface area (Å²) in [5, 5.41) is 6.97. The molecule has 0 aromatic carbocycles. The Morgan fingerprint density at radius 3 is 2.94 bits per heavy atom. The van der Waals surface area contributed by atoms with Crippen molar-refractivity contribution in [2.24, 2.45) is 5.92 Å². The van der Waals surface area contributed by atoms with E-state index in [2.05, 4.69) is 22.6 Å². The van der Waals surface area contributed by atoms with Crippen LogP contribution >= 0.6 is 11.3 Å². The van der Waals surface area contributed by atoms with Crippen LogP contribution in [-0.2, 0) is 13.1 Å². The molecule has 94 valence electrons. The maximum absolute atomic E-state index is 4.69. The summed E-state index contributed by atoms with van der Waals surface area (Å²) in [5.74, 6) is 0.967. The molecule has 0 saturated heterocycles. The van der Waals surface area contributed by atoms with Crippen molar-refractivity contribution >= 4 is 11.3 Å². The van der Waals surface area contributed by atoms with Crippen LogP contribution in [0.3, 0.4) is 0 Å². The van der Waals surface area contributed by atoms with Gasteiger partial charge >= 0.3 is 0 Å². The van der Waals surface area contributed by atoms with Crippen molar-refractivity contribution in [3.05, 3.63) is 16.1 Å². The number of hydrogen-bond acceptors (Lipinski definition) is 4. The minimum atomic E-state index is 0.778. The standard InChI is InChI=1S/C13H21N3S/c1-16(7-10-2-3-10)8-12-9-17-13(15-12)6-14-11-4-5-11/h9-11,14H,2-8H2,1H3. The second kappa shape index (κ2) is 5.04. The summed E-state index contributed by atoms with van der Waals surface area (Å²) in [6, 6.07) is 0.778. The summed E-state index contributed by atoms with van der Waals surface area (Å²) in [6.07, 6.45) is 5.56. The van der Waals surface area contributed by atoms with Gasteiger partial charge in [-0.3, -0.25) is 0 Å². The molecule has 0 aliphatic heterocycles. The summed E-state index contributed by atoms with van der Waals surface area (Å²) in [5.41, 5.74) is 1.24. The lowest BCUT2D eigenvalue weighted by molar-refractivity contribution is 0.310. The minimum Gasteiger partial charge on any atom is -0.308 e. The zero-order valence-electron chi connectivity index (χ0n) is 10.5. The Morgan fingerprint density at radius 2 is 2.24 bits per heavy atom. The van der Waals surface area contributed by atoms with E-state index in [0.717, 1.165) is 25.0 Å². The van der Waals surface area contributed by atoms with Gasteiger partial charge in [0.2, 0.25) is 0 Å². The fraction of sp³-hybridized carbons (Fsp3) is 0.769. The van der Waals surface area contributed by atoms with Gasteiger partial charge in [-0.2, -0.15) is 0 Å². The average molecular weight is 251 g/mol. The Kier molecular flexibility index (Phi) is 3.45. The molecule has 2 aliphatic rings. The molecule has 2 aliphatic carbocycles. The van der Waals surface area contributed by atoms with Gasteiger partial charge in [0.1, 0.15) is 5.01 Å². The number of hydrogen-bond donors (Lipinski definition) is 1. The topological polar surface area (TPSA) is 28.2 Å². The smallest absolute Gasteiger partial charge is 0.107 e. The molecule has 2 saturated carbocycles. The van der Waals surface area contributed by atoms with Crippen LogP contribution in [0.15, 0.2) is 5.38 Å². The first-order valence-corrected chi connectivity index (χ1v) is 7.53. The maximum atomic E-state index is 4.69. The zero-order chi connectivity index (χ0) is 11.7. The summed E-state index contributed by atoms with van der Waals surface area (Å²) in [7, 11) is 2.21. The molecule has 1 N–H and O–H groups in total. The number of nitrogens with one attached hydrogen (secondary N) is 1. The largest absolute Gasteiger partial charge is 0.308 e. The predicted octanol–water partition coefficient (Wildman–Crippen LogP) is 2.24. The molecule has 0 unspecified atom stereocenters. The average Bonchev–Trinajstić information content (AvgIpc) is 3.19. The minimum absolute atomic E-state index is 0.778. The van der Waals surface area contributed by atoms with Gasteiger partial charge in [0.05, 0.1) is 5.69 Å². The number of aromatic nitrogens is 1. The Bertz CT molecular complexity index is 368. The van der Waals surface area contributed by atoms with Crippen LogP contribution in [-0.4, -0.2) is 29.5 Å². The second-order valence-corrected chi connectivity index (χ2v) is 6.47. The molecular formula is C13H21N3S. The van der Waals surface area contributed by atoms with Gasteiger partial charge in [0.25, 0.3) is 0 Å². The summed E-state index contributed by atoms with van der Waals surface area (Å²) < 4.78 is 0. The van der Waals surface area contributed by atoms with Crippen LogP contribution in [0.25, 0.3) is 0 Å². The normalized spacial score (nSPS) is 20.1. The predicted molar refractivity (Wildman–Crippen MR) is 71.0 cm³/mol. The van der Waals surface area contributed by atoms with E-state index in [-0.39, 0.29) is 0 Å². The van der Waals surface area contributed by atoms with Gasteiger partial charge < -0.3 is 10.2 Å². The fourth-order valence-corrected chi connectivity index (χ4v) is 2.84. The highest BCUT2D eigenvalue weighted by Crippen LogP contribution is 2.29. The first kappa shape index (κ1) is 11.6. The Morgan fingerprint density at radius 1 is 1.41 bits per heavy atom. The SMILES string of the molecule is CN(Cc1csc(CNC2CC2)n1)CC1CC1. The zero-order valence-corrected chi connectivity index (χ0v) is 11.3.